The Bertz CT molecular complexity index is 860. The fourth-order valence-electron chi connectivity index (χ4n) is 2.31. The summed E-state index contributed by atoms with van der Waals surface area (Å²) in [5, 5.41) is 20.0. The molecule has 2 aromatic carbocycles. The van der Waals surface area contributed by atoms with Crippen molar-refractivity contribution in [3.8, 4) is 11.5 Å². The van der Waals surface area contributed by atoms with E-state index in [4.69, 9.17) is 31.9 Å². The second kappa shape index (κ2) is 36.6. The molecule has 0 fully saturated rings. The van der Waals surface area contributed by atoms with Crippen LogP contribution in [-0.4, -0.2) is 85.0 Å². The van der Waals surface area contributed by atoms with Gasteiger partial charge < -0.3 is 43.3 Å². The molecule has 0 heterocycles. The van der Waals surface area contributed by atoms with Crippen molar-refractivity contribution in [3.05, 3.63) is 59.7 Å². The van der Waals surface area contributed by atoms with Crippen LogP contribution in [-0.2, 0) is 35.6 Å². The van der Waals surface area contributed by atoms with E-state index in [0.29, 0.717) is 84.7 Å². The monoisotopic (exact) mass is 620 g/mol. The van der Waals surface area contributed by atoms with E-state index in [1.807, 2.05) is 18.2 Å². The van der Waals surface area contributed by atoms with Gasteiger partial charge in [-0.05, 0) is 39.0 Å². The first-order valence-corrected chi connectivity index (χ1v) is 13.1. The number of benzene rings is 2. The molecule has 19 heteroatoms. The zero-order chi connectivity index (χ0) is 31.7. The Hall–Kier alpha value is -1.58. The molecule has 0 saturated heterocycles. The van der Waals surface area contributed by atoms with Crippen molar-refractivity contribution < 1.29 is 84.2 Å². The van der Waals surface area contributed by atoms with Gasteiger partial charge in [-0.2, -0.15) is 0 Å². The third kappa shape index (κ3) is 27.7. The first-order valence-electron chi connectivity index (χ1n) is 13.1. The third-order valence-corrected chi connectivity index (χ3v) is 3.97. The quantitative estimate of drug-likeness (QED) is 0.0302. The predicted molar refractivity (Wildman–Crippen MR) is 159 cm³/mol. The van der Waals surface area contributed by atoms with Crippen LogP contribution >= 0.6 is 0 Å². The average molecular weight is 620 g/mol. The minimum absolute atomic E-state index is 0. The Morgan fingerprint density at radius 1 is 0.791 bits per heavy atom. The predicted octanol–water partition coefficient (Wildman–Crippen LogP) is -3.06. The second-order valence-electron chi connectivity index (χ2n) is 7.05. The summed E-state index contributed by atoms with van der Waals surface area (Å²) in [5.74, 6) is 1.00. The topological polar surface area (TPSA) is 221 Å². The molecule has 0 atom stereocenters. The smallest absolute Gasteiger partial charge is 1.00 e. The van der Waals surface area contributed by atoms with Crippen molar-refractivity contribution in [1.29, 1.82) is 0 Å². The maximum atomic E-state index is 10.3. The van der Waals surface area contributed by atoms with Gasteiger partial charge in [0.2, 0.25) is 0 Å². The van der Waals surface area contributed by atoms with Crippen LogP contribution in [0.15, 0.2) is 48.5 Å². The first-order chi connectivity index (χ1) is 20.5. The van der Waals surface area contributed by atoms with Crippen molar-refractivity contribution >= 4 is 29.0 Å². The number of para-hydroxylation sites is 2. The zero-order valence-corrected chi connectivity index (χ0v) is 27.4. The Balaban J connectivity index is -0.000000252. The SMILES string of the molecule is CCOOB(OOCC)OOCC.NCCN.NCCNCc1ccccc1O[B]O.O=Cc1ccccc1O[B]O.[H-].[Na+]. The van der Waals surface area contributed by atoms with E-state index in [-0.39, 0.29) is 31.0 Å². The molecule has 0 aliphatic heterocycles. The van der Waals surface area contributed by atoms with Crippen LogP contribution < -0.4 is 61.4 Å². The Labute approximate surface area is 279 Å². The molecule has 43 heavy (non-hydrogen) atoms. The molecule has 0 saturated carbocycles. The molecule has 236 valence electrons. The van der Waals surface area contributed by atoms with Gasteiger partial charge in [0.1, 0.15) is 11.5 Å². The van der Waals surface area contributed by atoms with E-state index in [1.165, 1.54) is 0 Å². The number of hydrogen-bond donors (Lipinski definition) is 6. The first kappa shape index (κ1) is 45.8. The molecule has 0 bridgehead atoms. The summed E-state index contributed by atoms with van der Waals surface area (Å²) in [6.45, 7) is 9.66. The maximum Gasteiger partial charge on any atom is 1.00 e. The number of carbonyl (C=O) groups is 1. The number of carbonyl (C=O) groups excluding carboxylic acids is 1. The molecule has 0 amide bonds. The fraction of sp³-hybridized carbons (Fsp3) is 0.458. The standard InChI is InChI=1S/C9H14BN2O2.C7H6BO3.C6H15BO6.C2H8N2.Na.H/c11-5-6-12-7-8-3-1-2-4-9(8)14-10-13;9-5-6-3-1-2-4-7(6)11-8-10;1-4-8-11-7(12-9-5-2)13-10-6-3;3-1-2-4;;/h1-4,12-13H,5-7,11H2;1-5,10H;4-6H2,1-3H3;1-4H2;;/q;;;;+1;-1. The minimum atomic E-state index is -1.13. The molecule has 9 N–H and O–H groups in total. The van der Waals surface area contributed by atoms with E-state index >= 15 is 0 Å². The van der Waals surface area contributed by atoms with E-state index < -0.39 is 7.32 Å². The average Bonchev–Trinajstić information content (AvgIpc) is 3.03. The molecular weight excluding hydrogens is 576 g/mol. The summed E-state index contributed by atoms with van der Waals surface area (Å²) in [7, 11) is 0.101. The molecule has 0 aliphatic carbocycles. The van der Waals surface area contributed by atoms with Gasteiger partial charge in [0.25, 0.3) is 0 Å². The summed E-state index contributed by atoms with van der Waals surface area (Å²) in [4.78, 5) is 37.9. The van der Waals surface area contributed by atoms with Crippen LogP contribution in [0, 0.1) is 0 Å². The Kier molecular flexibility index (Phi) is 39.0. The van der Waals surface area contributed by atoms with Gasteiger partial charge in [0, 0.05) is 38.3 Å². The van der Waals surface area contributed by atoms with E-state index in [2.05, 4.69) is 39.0 Å². The fourth-order valence-corrected chi connectivity index (χ4v) is 2.31. The van der Waals surface area contributed by atoms with E-state index in [0.717, 1.165) is 12.1 Å². The Morgan fingerprint density at radius 3 is 1.70 bits per heavy atom. The van der Waals surface area contributed by atoms with Gasteiger partial charge in [-0.15, -0.1) is 0 Å². The minimum Gasteiger partial charge on any atom is -1.00 e. The summed E-state index contributed by atoms with van der Waals surface area (Å²) in [6, 6.07) is 14.1. The zero-order valence-electron chi connectivity index (χ0n) is 26.4. The molecular formula is C24H44B3N4NaO11. The number of hydrogen-bond acceptors (Lipinski definition) is 15. The van der Waals surface area contributed by atoms with Gasteiger partial charge in [0.15, 0.2) is 6.29 Å². The van der Waals surface area contributed by atoms with Crippen molar-refractivity contribution in [3.63, 3.8) is 0 Å². The van der Waals surface area contributed by atoms with Crippen LogP contribution in [0.3, 0.4) is 0 Å². The van der Waals surface area contributed by atoms with Gasteiger partial charge in [-0.25, -0.2) is 29.1 Å². The van der Waals surface area contributed by atoms with E-state index in [1.54, 1.807) is 51.1 Å². The molecule has 2 radical (unpaired) electrons. The molecule has 0 unspecified atom stereocenters. The van der Waals surface area contributed by atoms with E-state index in [9.17, 15) is 4.79 Å². The molecule has 0 aromatic heterocycles. The van der Waals surface area contributed by atoms with Crippen LogP contribution in [0.25, 0.3) is 0 Å². The van der Waals surface area contributed by atoms with Gasteiger partial charge in [0.05, 0.1) is 25.4 Å². The molecule has 2 rings (SSSR count). The van der Waals surface area contributed by atoms with Gasteiger partial charge in [-0.1, -0.05) is 30.3 Å². The van der Waals surface area contributed by atoms with Crippen LogP contribution in [0.4, 0.5) is 0 Å². The number of aldehydes is 1. The number of nitrogens with one attached hydrogen (secondary N) is 1. The van der Waals surface area contributed by atoms with Crippen LogP contribution in [0.1, 0.15) is 38.1 Å². The molecule has 15 nitrogen and oxygen atoms in total. The van der Waals surface area contributed by atoms with Gasteiger partial charge >= 0.3 is 52.2 Å². The molecule has 0 aliphatic rings. The molecule has 2 aromatic rings. The summed E-state index contributed by atoms with van der Waals surface area (Å²) in [6.07, 6.45) is 0.666. The summed E-state index contributed by atoms with van der Waals surface area (Å²) >= 11 is 0. The normalized spacial score (nSPS) is 9.30. The second-order valence-corrected chi connectivity index (χ2v) is 7.05. The van der Waals surface area contributed by atoms with Crippen molar-refractivity contribution in [2.75, 3.05) is 46.0 Å². The van der Waals surface area contributed by atoms with Crippen molar-refractivity contribution in [2.45, 2.75) is 27.3 Å². The van der Waals surface area contributed by atoms with Crippen molar-refractivity contribution in [1.82, 2.24) is 5.32 Å². The molecule has 0 spiro atoms. The van der Waals surface area contributed by atoms with Crippen LogP contribution in [0.5, 0.6) is 11.5 Å². The largest absolute Gasteiger partial charge is 1.00 e. The maximum absolute atomic E-state index is 10.3. The summed E-state index contributed by atoms with van der Waals surface area (Å²) < 4.78 is 9.55. The number of nitrogens with two attached hydrogens (primary N) is 3. The Morgan fingerprint density at radius 2 is 1.26 bits per heavy atom. The number of rotatable bonds is 19. The summed E-state index contributed by atoms with van der Waals surface area (Å²) in [5.41, 5.74) is 16.6. The third-order valence-electron chi connectivity index (χ3n) is 3.97. The van der Waals surface area contributed by atoms with Gasteiger partial charge in [-0.3, -0.25) is 4.79 Å². The van der Waals surface area contributed by atoms with Crippen molar-refractivity contribution in [2.24, 2.45) is 17.2 Å². The van der Waals surface area contributed by atoms with Crippen LogP contribution in [0.2, 0.25) is 0 Å².